The first-order valence-electron chi connectivity index (χ1n) is 4.37. The van der Waals surface area contributed by atoms with Crippen molar-refractivity contribution in [3.63, 3.8) is 0 Å². The fourth-order valence-electron chi connectivity index (χ4n) is 1.23. The minimum absolute atomic E-state index is 0.145. The molecule has 0 radical (unpaired) electrons. The first-order chi connectivity index (χ1) is 7.35. The van der Waals surface area contributed by atoms with E-state index in [9.17, 15) is 23.3 Å². The molecule has 0 atom stereocenters. The average Bonchev–Trinajstić information content (AvgIpc) is 2.15. The molecule has 0 aromatic heterocycles. The van der Waals surface area contributed by atoms with Crippen molar-refractivity contribution >= 4 is 5.69 Å². The van der Waals surface area contributed by atoms with Crippen LogP contribution in [0.25, 0.3) is 0 Å². The van der Waals surface area contributed by atoms with Crippen LogP contribution in [-0.2, 0) is 6.42 Å². The van der Waals surface area contributed by atoms with Crippen molar-refractivity contribution in [3.8, 4) is 5.75 Å². The van der Waals surface area contributed by atoms with Gasteiger partial charge < -0.3 is 4.74 Å². The van der Waals surface area contributed by atoms with Gasteiger partial charge in [0.25, 0.3) is 0 Å². The van der Waals surface area contributed by atoms with Gasteiger partial charge in [0.15, 0.2) is 0 Å². The van der Waals surface area contributed by atoms with Crippen LogP contribution in [0.2, 0.25) is 0 Å². The molecule has 1 rings (SSSR count). The summed E-state index contributed by atoms with van der Waals surface area (Å²) in [5.41, 5.74) is -0.539. The van der Waals surface area contributed by atoms with Crippen LogP contribution in [0, 0.1) is 10.1 Å². The maximum atomic E-state index is 12.1. The van der Waals surface area contributed by atoms with Crippen molar-refractivity contribution in [1.82, 2.24) is 0 Å². The number of nitro benzene ring substituents is 1. The van der Waals surface area contributed by atoms with Gasteiger partial charge in [0.2, 0.25) is 5.75 Å². The van der Waals surface area contributed by atoms with Crippen LogP contribution in [0.5, 0.6) is 5.75 Å². The lowest BCUT2D eigenvalue weighted by Crippen LogP contribution is -2.19. The van der Waals surface area contributed by atoms with Crippen molar-refractivity contribution in [2.75, 3.05) is 0 Å². The molecule has 0 amide bonds. The zero-order chi connectivity index (χ0) is 12.3. The lowest BCUT2D eigenvalue weighted by atomic mass is 10.1. The molecule has 0 aliphatic rings. The summed E-state index contributed by atoms with van der Waals surface area (Å²) in [4.78, 5) is 9.63. The molecule has 88 valence electrons. The number of halogens is 3. The minimum Gasteiger partial charge on any atom is -0.398 e. The maximum absolute atomic E-state index is 12.1. The van der Waals surface area contributed by atoms with E-state index in [0.29, 0.717) is 0 Å². The molecule has 16 heavy (non-hydrogen) atoms. The van der Waals surface area contributed by atoms with E-state index in [1.54, 1.807) is 6.92 Å². The molecule has 0 bridgehead atoms. The summed E-state index contributed by atoms with van der Waals surface area (Å²) in [5, 5.41) is 10.5. The number of rotatable bonds is 3. The van der Waals surface area contributed by atoms with Crippen molar-refractivity contribution in [3.05, 3.63) is 33.9 Å². The zero-order valence-electron chi connectivity index (χ0n) is 8.25. The van der Waals surface area contributed by atoms with Gasteiger partial charge in [-0.25, -0.2) is 0 Å². The Labute approximate surface area is 88.8 Å². The monoisotopic (exact) mass is 235 g/mol. The fourth-order valence-corrected chi connectivity index (χ4v) is 1.23. The van der Waals surface area contributed by atoms with Crippen molar-refractivity contribution < 1.29 is 22.8 Å². The second kappa shape index (κ2) is 4.38. The third-order valence-electron chi connectivity index (χ3n) is 1.87. The Morgan fingerprint density at radius 3 is 2.50 bits per heavy atom. The van der Waals surface area contributed by atoms with Crippen LogP contribution < -0.4 is 4.74 Å². The summed E-state index contributed by atoms with van der Waals surface area (Å²) < 4.78 is 39.8. The van der Waals surface area contributed by atoms with Crippen LogP contribution in [0.4, 0.5) is 18.9 Å². The molecule has 1 aromatic carbocycles. The summed E-state index contributed by atoms with van der Waals surface area (Å²) in [6.45, 7) is 1.59. The Bertz CT molecular complexity index is 403. The van der Waals surface area contributed by atoms with Gasteiger partial charge in [-0.05, 0) is 6.42 Å². The van der Waals surface area contributed by atoms with E-state index in [-0.39, 0.29) is 12.0 Å². The van der Waals surface area contributed by atoms with Crippen molar-refractivity contribution in [1.29, 1.82) is 0 Å². The SMILES string of the molecule is CCc1cccc([N+](=O)[O-])c1OC(F)(F)F. The summed E-state index contributed by atoms with van der Waals surface area (Å²) in [7, 11) is 0. The van der Waals surface area contributed by atoms with Crippen LogP contribution in [0.15, 0.2) is 18.2 Å². The molecule has 1 aromatic rings. The average molecular weight is 235 g/mol. The van der Waals surface area contributed by atoms with E-state index >= 15 is 0 Å². The summed E-state index contributed by atoms with van der Waals surface area (Å²) in [6, 6.07) is 3.65. The largest absolute Gasteiger partial charge is 0.573 e. The quantitative estimate of drug-likeness (QED) is 0.597. The maximum Gasteiger partial charge on any atom is 0.573 e. The lowest BCUT2D eigenvalue weighted by molar-refractivity contribution is -0.388. The standard InChI is InChI=1S/C9H8F3NO3/c1-2-6-4-3-5-7(13(14)15)8(6)16-9(10,11)12/h3-5H,2H2,1H3. The molecule has 0 N–H and O–H groups in total. The number of hydrogen-bond acceptors (Lipinski definition) is 3. The van der Waals surface area contributed by atoms with Crippen molar-refractivity contribution in [2.45, 2.75) is 19.7 Å². The first kappa shape index (κ1) is 12.3. The Morgan fingerprint density at radius 1 is 1.44 bits per heavy atom. The molecule has 0 saturated heterocycles. The predicted molar refractivity (Wildman–Crippen MR) is 49.2 cm³/mol. The Kier molecular flexibility index (Phi) is 3.36. The van der Waals surface area contributed by atoms with Crippen LogP contribution in [0.3, 0.4) is 0 Å². The van der Waals surface area contributed by atoms with Gasteiger partial charge in [-0.1, -0.05) is 19.1 Å². The van der Waals surface area contributed by atoms with Gasteiger partial charge in [0, 0.05) is 11.6 Å². The van der Waals surface area contributed by atoms with Gasteiger partial charge >= 0.3 is 12.0 Å². The molecular weight excluding hydrogens is 227 g/mol. The minimum atomic E-state index is -4.93. The predicted octanol–water partition coefficient (Wildman–Crippen LogP) is 3.06. The van der Waals surface area contributed by atoms with E-state index in [0.717, 1.165) is 6.07 Å². The molecule has 0 unspecified atom stereocenters. The topological polar surface area (TPSA) is 52.4 Å². The molecule has 0 spiro atoms. The Balaban J connectivity index is 3.25. The normalized spacial score (nSPS) is 11.2. The van der Waals surface area contributed by atoms with Crippen LogP contribution in [-0.4, -0.2) is 11.3 Å². The third kappa shape index (κ3) is 2.85. The van der Waals surface area contributed by atoms with Crippen LogP contribution in [0.1, 0.15) is 12.5 Å². The van der Waals surface area contributed by atoms with Crippen molar-refractivity contribution in [2.24, 2.45) is 0 Å². The lowest BCUT2D eigenvalue weighted by Gasteiger charge is -2.12. The zero-order valence-corrected chi connectivity index (χ0v) is 8.25. The molecule has 7 heteroatoms. The number of alkyl halides is 3. The molecule has 4 nitrogen and oxygen atoms in total. The molecule has 0 heterocycles. The fraction of sp³-hybridized carbons (Fsp3) is 0.333. The van der Waals surface area contributed by atoms with E-state index in [2.05, 4.69) is 4.74 Å². The van der Waals surface area contributed by atoms with E-state index < -0.39 is 22.7 Å². The number of para-hydroxylation sites is 1. The van der Waals surface area contributed by atoms with Gasteiger partial charge in [-0.2, -0.15) is 0 Å². The molecular formula is C9H8F3NO3. The number of aryl methyl sites for hydroxylation is 1. The highest BCUT2D eigenvalue weighted by Gasteiger charge is 2.35. The summed E-state index contributed by atoms with van der Waals surface area (Å²) >= 11 is 0. The van der Waals surface area contributed by atoms with E-state index in [1.807, 2.05) is 0 Å². The molecule has 0 aliphatic heterocycles. The second-order valence-electron chi connectivity index (χ2n) is 2.92. The molecule has 0 aliphatic carbocycles. The number of nitrogens with zero attached hydrogens (tertiary/aromatic N) is 1. The highest BCUT2D eigenvalue weighted by Crippen LogP contribution is 2.35. The van der Waals surface area contributed by atoms with Gasteiger partial charge in [0.05, 0.1) is 4.92 Å². The van der Waals surface area contributed by atoms with Gasteiger partial charge in [0.1, 0.15) is 0 Å². The number of nitro groups is 1. The number of hydrogen-bond donors (Lipinski definition) is 0. The number of ether oxygens (including phenoxy) is 1. The third-order valence-corrected chi connectivity index (χ3v) is 1.87. The molecule has 0 fully saturated rings. The van der Waals surface area contributed by atoms with Gasteiger partial charge in [-0.3, -0.25) is 10.1 Å². The number of benzene rings is 1. The van der Waals surface area contributed by atoms with Gasteiger partial charge in [-0.15, -0.1) is 13.2 Å². The highest BCUT2D eigenvalue weighted by molar-refractivity contribution is 5.51. The van der Waals surface area contributed by atoms with E-state index in [4.69, 9.17) is 0 Å². The second-order valence-corrected chi connectivity index (χ2v) is 2.92. The summed E-state index contributed by atoms with van der Waals surface area (Å²) in [5.74, 6) is -0.734. The Hall–Kier alpha value is -1.79. The van der Waals surface area contributed by atoms with Crippen LogP contribution >= 0.6 is 0 Å². The molecule has 0 saturated carbocycles. The smallest absolute Gasteiger partial charge is 0.398 e. The first-order valence-corrected chi connectivity index (χ1v) is 4.37. The highest BCUT2D eigenvalue weighted by atomic mass is 19.4. The van der Waals surface area contributed by atoms with E-state index in [1.165, 1.54) is 12.1 Å². The summed E-state index contributed by atoms with van der Waals surface area (Å²) in [6.07, 6.45) is -4.72. The Morgan fingerprint density at radius 2 is 2.06 bits per heavy atom.